The fourth-order valence-electron chi connectivity index (χ4n) is 1.59. The highest BCUT2D eigenvalue weighted by Crippen LogP contribution is 2.18. The average molecular weight is 246 g/mol. The number of benzene rings is 1. The lowest BCUT2D eigenvalue weighted by atomic mass is 10.1. The third kappa shape index (κ3) is 1.99. The van der Waals surface area contributed by atoms with Crippen LogP contribution in [0.25, 0.3) is 4.96 Å². The predicted octanol–water partition coefficient (Wildman–Crippen LogP) is 1.79. The molecule has 0 aliphatic carbocycles. The summed E-state index contributed by atoms with van der Waals surface area (Å²) >= 11 is 1.56. The van der Waals surface area contributed by atoms with E-state index in [1.54, 1.807) is 29.3 Å². The van der Waals surface area contributed by atoms with Crippen molar-refractivity contribution in [3.63, 3.8) is 0 Å². The number of ether oxygens (including phenoxy) is 1. The van der Waals surface area contributed by atoms with Crippen molar-refractivity contribution in [3.8, 4) is 5.75 Å². The molecule has 2 heterocycles. The molecular weight excluding hydrogens is 236 g/mol. The van der Waals surface area contributed by atoms with Crippen LogP contribution < -0.4 is 4.74 Å². The zero-order valence-corrected chi connectivity index (χ0v) is 10.0. The monoisotopic (exact) mass is 246 g/mol. The van der Waals surface area contributed by atoms with Gasteiger partial charge in [-0.15, -0.1) is 10.2 Å². The van der Waals surface area contributed by atoms with Crippen molar-refractivity contribution in [2.75, 3.05) is 7.11 Å². The lowest BCUT2D eigenvalue weighted by Gasteiger charge is -2.00. The van der Waals surface area contributed by atoms with E-state index in [0.29, 0.717) is 0 Å². The zero-order chi connectivity index (χ0) is 11.7. The standard InChI is InChI=1S/C11H10N4OS/c1-16-9-4-2-8(3-5-9)6-10-14-15-7-12-13-11(15)17-10/h2-5,7H,6H2,1H3. The van der Waals surface area contributed by atoms with Gasteiger partial charge in [0.15, 0.2) is 0 Å². The van der Waals surface area contributed by atoms with Crippen LogP contribution >= 0.6 is 11.3 Å². The van der Waals surface area contributed by atoms with E-state index in [4.69, 9.17) is 4.74 Å². The van der Waals surface area contributed by atoms with Gasteiger partial charge in [-0.1, -0.05) is 23.5 Å². The molecule has 0 aliphatic rings. The van der Waals surface area contributed by atoms with Gasteiger partial charge < -0.3 is 4.74 Å². The van der Waals surface area contributed by atoms with Gasteiger partial charge in [-0.2, -0.15) is 9.61 Å². The van der Waals surface area contributed by atoms with Gasteiger partial charge in [-0.25, -0.2) is 0 Å². The van der Waals surface area contributed by atoms with Crippen LogP contribution in [0.1, 0.15) is 10.6 Å². The van der Waals surface area contributed by atoms with Gasteiger partial charge in [0.05, 0.1) is 7.11 Å². The smallest absolute Gasteiger partial charge is 0.234 e. The first kappa shape index (κ1) is 10.2. The molecule has 0 unspecified atom stereocenters. The van der Waals surface area contributed by atoms with Crippen LogP contribution in [0.3, 0.4) is 0 Å². The third-order valence-electron chi connectivity index (χ3n) is 2.44. The molecule has 0 fully saturated rings. The summed E-state index contributed by atoms with van der Waals surface area (Å²) < 4.78 is 6.82. The fraction of sp³-hybridized carbons (Fsp3) is 0.182. The quantitative estimate of drug-likeness (QED) is 0.707. The van der Waals surface area contributed by atoms with Gasteiger partial charge in [-0.05, 0) is 17.7 Å². The van der Waals surface area contributed by atoms with Crippen molar-refractivity contribution in [1.82, 2.24) is 19.8 Å². The topological polar surface area (TPSA) is 52.3 Å². The first-order chi connectivity index (χ1) is 8.35. The van der Waals surface area contributed by atoms with Crippen LogP contribution in [0, 0.1) is 0 Å². The maximum atomic E-state index is 5.12. The summed E-state index contributed by atoms with van der Waals surface area (Å²) in [6.07, 6.45) is 2.42. The molecule has 5 nitrogen and oxygen atoms in total. The summed E-state index contributed by atoms with van der Waals surface area (Å²) in [7, 11) is 1.66. The van der Waals surface area contributed by atoms with Crippen LogP contribution in [0.2, 0.25) is 0 Å². The molecule has 0 spiro atoms. The second-order valence-corrected chi connectivity index (χ2v) is 4.62. The van der Waals surface area contributed by atoms with Crippen LogP contribution in [0.15, 0.2) is 30.6 Å². The molecule has 0 radical (unpaired) electrons. The van der Waals surface area contributed by atoms with E-state index in [-0.39, 0.29) is 0 Å². The minimum Gasteiger partial charge on any atom is -0.497 e. The second kappa shape index (κ2) is 4.14. The highest BCUT2D eigenvalue weighted by molar-refractivity contribution is 7.16. The van der Waals surface area contributed by atoms with Gasteiger partial charge in [0.25, 0.3) is 0 Å². The highest BCUT2D eigenvalue weighted by atomic mass is 32.1. The largest absolute Gasteiger partial charge is 0.497 e. The summed E-state index contributed by atoms with van der Waals surface area (Å²) in [5.74, 6) is 0.867. The van der Waals surface area contributed by atoms with Gasteiger partial charge in [0.1, 0.15) is 17.1 Å². The minimum absolute atomic E-state index is 0.804. The summed E-state index contributed by atoms with van der Waals surface area (Å²) in [6.45, 7) is 0. The van der Waals surface area contributed by atoms with E-state index in [1.807, 2.05) is 24.3 Å². The first-order valence-corrected chi connectivity index (χ1v) is 5.95. The van der Waals surface area contributed by atoms with Crippen molar-refractivity contribution < 1.29 is 4.74 Å². The number of hydrogen-bond donors (Lipinski definition) is 0. The molecule has 0 aliphatic heterocycles. The molecule has 0 bridgehead atoms. The Labute approximate surface area is 102 Å². The first-order valence-electron chi connectivity index (χ1n) is 5.14. The molecule has 6 heteroatoms. The molecule has 0 amide bonds. The maximum absolute atomic E-state index is 5.12. The van der Waals surface area contributed by atoms with Crippen LogP contribution in [-0.4, -0.2) is 26.9 Å². The Hall–Kier alpha value is -1.95. The van der Waals surface area contributed by atoms with Crippen molar-refractivity contribution in [2.45, 2.75) is 6.42 Å². The molecule has 86 valence electrons. The molecule has 3 aromatic rings. The van der Waals surface area contributed by atoms with Crippen LogP contribution in [0.5, 0.6) is 5.75 Å². The van der Waals surface area contributed by atoms with Crippen LogP contribution in [-0.2, 0) is 6.42 Å². The van der Waals surface area contributed by atoms with E-state index in [9.17, 15) is 0 Å². The Kier molecular flexibility index (Phi) is 2.49. The Bertz CT molecular complexity index is 600. The van der Waals surface area contributed by atoms with E-state index in [0.717, 1.165) is 22.1 Å². The average Bonchev–Trinajstić information content (AvgIpc) is 2.90. The highest BCUT2D eigenvalue weighted by Gasteiger charge is 2.06. The molecule has 3 rings (SSSR count). The predicted molar refractivity (Wildman–Crippen MR) is 64.5 cm³/mol. The van der Waals surface area contributed by atoms with Crippen LogP contribution in [0.4, 0.5) is 0 Å². The number of fused-ring (bicyclic) bond motifs is 1. The molecule has 0 saturated carbocycles. The van der Waals surface area contributed by atoms with Crippen molar-refractivity contribution >= 4 is 16.3 Å². The molecule has 1 aromatic carbocycles. The zero-order valence-electron chi connectivity index (χ0n) is 9.20. The Balaban J connectivity index is 1.83. The fourth-order valence-corrected chi connectivity index (χ4v) is 2.44. The minimum atomic E-state index is 0.804. The van der Waals surface area contributed by atoms with Crippen molar-refractivity contribution in [3.05, 3.63) is 41.2 Å². The van der Waals surface area contributed by atoms with Crippen molar-refractivity contribution in [1.29, 1.82) is 0 Å². The Morgan fingerprint density at radius 2 is 2.12 bits per heavy atom. The molecule has 2 aromatic heterocycles. The lowest BCUT2D eigenvalue weighted by molar-refractivity contribution is 0.414. The number of aromatic nitrogens is 4. The van der Waals surface area contributed by atoms with Gasteiger partial charge >= 0.3 is 0 Å². The number of rotatable bonds is 3. The second-order valence-electron chi connectivity index (χ2n) is 3.58. The lowest BCUT2D eigenvalue weighted by Crippen LogP contribution is -1.90. The van der Waals surface area contributed by atoms with E-state index in [2.05, 4.69) is 15.3 Å². The summed E-state index contributed by atoms with van der Waals surface area (Å²) in [6, 6.07) is 7.99. The summed E-state index contributed by atoms with van der Waals surface area (Å²) in [5, 5.41) is 13.2. The molecule has 0 atom stereocenters. The van der Waals surface area contributed by atoms with E-state index < -0.39 is 0 Å². The molecule has 17 heavy (non-hydrogen) atoms. The number of nitrogens with zero attached hydrogens (tertiary/aromatic N) is 4. The van der Waals surface area contributed by atoms with Gasteiger partial charge in [0, 0.05) is 6.42 Å². The van der Waals surface area contributed by atoms with E-state index >= 15 is 0 Å². The number of methoxy groups -OCH3 is 1. The maximum Gasteiger partial charge on any atom is 0.234 e. The molecule has 0 saturated heterocycles. The van der Waals surface area contributed by atoms with E-state index in [1.165, 1.54) is 5.56 Å². The number of hydrogen-bond acceptors (Lipinski definition) is 5. The Morgan fingerprint density at radius 1 is 1.29 bits per heavy atom. The van der Waals surface area contributed by atoms with Crippen molar-refractivity contribution in [2.24, 2.45) is 0 Å². The third-order valence-corrected chi connectivity index (χ3v) is 3.36. The summed E-state index contributed by atoms with van der Waals surface area (Å²) in [4.78, 5) is 0.827. The SMILES string of the molecule is COc1ccc(Cc2nn3cnnc3s2)cc1. The molecule has 0 N–H and O–H groups in total. The Morgan fingerprint density at radius 3 is 2.82 bits per heavy atom. The van der Waals surface area contributed by atoms with Gasteiger partial charge in [0.2, 0.25) is 4.96 Å². The normalized spacial score (nSPS) is 10.9. The van der Waals surface area contributed by atoms with Gasteiger partial charge in [-0.3, -0.25) is 0 Å². The molecular formula is C11H10N4OS. The summed E-state index contributed by atoms with van der Waals surface area (Å²) in [5.41, 5.74) is 1.20.